The molecule has 1 heterocycles. The molecular weight excluding hydrogens is 180 g/mol. The molecule has 70 valence electrons. The highest BCUT2D eigenvalue weighted by Gasteiger charge is 2.03. The quantitative estimate of drug-likeness (QED) is 0.770. The van der Waals surface area contributed by atoms with Crippen LogP contribution in [-0.2, 0) is 11.2 Å². The number of aliphatic carboxylic acids is 1. The number of carboxylic acid groups (broad SMARTS) is 1. The van der Waals surface area contributed by atoms with Gasteiger partial charge in [-0.15, -0.1) is 0 Å². The fourth-order valence-electron chi connectivity index (χ4n) is 1.23. The van der Waals surface area contributed by atoms with Crippen molar-refractivity contribution in [3.8, 4) is 0 Å². The third-order valence-corrected chi connectivity index (χ3v) is 1.85. The first-order valence-corrected chi connectivity index (χ1v) is 4.18. The molecular formula is C10H8N2O2. The molecule has 2 aromatic rings. The van der Waals surface area contributed by atoms with Crippen molar-refractivity contribution in [1.82, 2.24) is 9.97 Å². The highest BCUT2D eigenvalue weighted by Crippen LogP contribution is 2.09. The van der Waals surface area contributed by atoms with E-state index in [1.807, 2.05) is 24.3 Å². The van der Waals surface area contributed by atoms with E-state index < -0.39 is 5.97 Å². The lowest BCUT2D eigenvalue weighted by molar-refractivity contribution is -0.136. The molecule has 0 amide bonds. The Kier molecular flexibility index (Phi) is 2.10. The Morgan fingerprint density at radius 3 is 2.93 bits per heavy atom. The fraction of sp³-hybridized carbons (Fsp3) is 0.100. The molecule has 1 aromatic carbocycles. The number of para-hydroxylation sites is 1. The minimum atomic E-state index is -0.916. The van der Waals surface area contributed by atoms with Gasteiger partial charge in [0.2, 0.25) is 0 Å². The third-order valence-electron chi connectivity index (χ3n) is 1.85. The Bertz CT molecular complexity index is 482. The second-order valence-electron chi connectivity index (χ2n) is 2.92. The van der Waals surface area contributed by atoms with E-state index in [2.05, 4.69) is 9.97 Å². The van der Waals surface area contributed by atoms with Crippen LogP contribution in [0.1, 0.15) is 5.82 Å². The summed E-state index contributed by atoms with van der Waals surface area (Å²) >= 11 is 0. The Labute approximate surface area is 80.2 Å². The Morgan fingerprint density at radius 1 is 1.36 bits per heavy atom. The predicted molar refractivity (Wildman–Crippen MR) is 50.9 cm³/mol. The zero-order chi connectivity index (χ0) is 9.97. The molecule has 1 N–H and O–H groups in total. The lowest BCUT2D eigenvalue weighted by atomic mass is 10.2. The lowest BCUT2D eigenvalue weighted by Crippen LogP contribution is -2.04. The minimum Gasteiger partial charge on any atom is -0.481 e. The van der Waals surface area contributed by atoms with Gasteiger partial charge < -0.3 is 5.11 Å². The zero-order valence-corrected chi connectivity index (χ0v) is 7.34. The molecule has 0 aliphatic rings. The van der Waals surface area contributed by atoms with E-state index in [4.69, 9.17) is 5.11 Å². The molecule has 0 spiro atoms. The number of hydrogen-bond acceptors (Lipinski definition) is 3. The monoisotopic (exact) mass is 188 g/mol. The molecule has 0 saturated carbocycles. The van der Waals surface area contributed by atoms with E-state index in [1.54, 1.807) is 6.20 Å². The Balaban J connectivity index is 2.46. The molecule has 0 unspecified atom stereocenters. The number of aromatic nitrogens is 2. The summed E-state index contributed by atoms with van der Waals surface area (Å²) in [5.74, 6) is -0.573. The standard InChI is InChI=1S/C10H8N2O2/c13-10(14)5-9-11-6-7-3-1-2-4-8(7)12-9/h1-4,6H,5H2,(H,13,14). The van der Waals surface area contributed by atoms with Crippen molar-refractivity contribution < 1.29 is 9.90 Å². The average Bonchev–Trinajstić information content (AvgIpc) is 2.17. The molecule has 0 fully saturated rings. The second kappa shape index (κ2) is 3.41. The topological polar surface area (TPSA) is 63.1 Å². The molecule has 4 heteroatoms. The fourth-order valence-corrected chi connectivity index (χ4v) is 1.23. The summed E-state index contributed by atoms with van der Waals surface area (Å²) in [5, 5.41) is 9.48. The van der Waals surface area contributed by atoms with Crippen LogP contribution in [-0.4, -0.2) is 21.0 Å². The summed E-state index contributed by atoms with van der Waals surface area (Å²) in [5.41, 5.74) is 0.777. The van der Waals surface area contributed by atoms with Gasteiger partial charge in [-0.3, -0.25) is 4.79 Å². The van der Waals surface area contributed by atoms with Crippen molar-refractivity contribution in [1.29, 1.82) is 0 Å². The number of hydrogen-bond donors (Lipinski definition) is 1. The molecule has 0 aliphatic carbocycles. The normalized spacial score (nSPS) is 10.3. The molecule has 2 rings (SSSR count). The summed E-state index contributed by atoms with van der Waals surface area (Å²) < 4.78 is 0. The van der Waals surface area contributed by atoms with Crippen molar-refractivity contribution in [2.45, 2.75) is 6.42 Å². The molecule has 0 atom stereocenters. The first kappa shape index (κ1) is 8.62. The number of fused-ring (bicyclic) bond motifs is 1. The van der Waals surface area contributed by atoms with Crippen molar-refractivity contribution >= 4 is 16.9 Å². The van der Waals surface area contributed by atoms with Crippen LogP contribution in [0.2, 0.25) is 0 Å². The first-order chi connectivity index (χ1) is 6.75. The minimum absolute atomic E-state index is 0.134. The Hall–Kier alpha value is -1.97. The van der Waals surface area contributed by atoms with E-state index in [-0.39, 0.29) is 6.42 Å². The van der Waals surface area contributed by atoms with Crippen LogP contribution in [0, 0.1) is 0 Å². The number of carbonyl (C=O) groups is 1. The lowest BCUT2D eigenvalue weighted by Gasteiger charge is -1.98. The maximum Gasteiger partial charge on any atom is 0.311 e. The van der Waals surface area contributed by atoms with Gasteiger partial charge in [0.15, 0.2) is 0 Å². The van der Waals surface area contributed by atoms with Gasteiger partial charge in [-0.1, -0.05) is 18.2 Å². The van der Waals surface area contributed by atoms with Gasteiger partial charge in [0.05, 0.1) is 5.52 Å². The van der Waals surface area contributed by atoms with Crippen molar-refractivity contribution in [2.75, 3.05) is 0 Å². The molecule has 1 aromatic heterocycles. The summed E-state index contributed by atoms with van der Waals surface area (Å²) in [7, 11) is 0. The SMILES string of the molecule is O=C(O)Cc1ncc2ccccc2n1. The van der Waals surface area contributed by atoms with Gasteiger partial charge in [0, 0.05) is 11.6 Å². The van der Waals surface area contributed by atoms with Crippen molar-refractivity contribution in [2.24, 2.45) is 0 Å². The van der Waals surface area contributed by atoms with Crippen LogP contribution < -0.4 is 0 Å². The first-order valence-electron chi connectivity index (χ1n) is 4.18. The number of rotatable bonds is 2. The largest absolute Gasteiger partial charge is 0.481 e. The van der Waals surface area contributed by atoms with Crippen molar-refractivity contribution in [3.63, 3.8) is 0 Å². The predicted octanol–water partition coefficient (Wildman–Crippen LogP) is 1.26. The van der Waals surface area contributed by atoms with E-state index in [9.17, 15) is 4.79 Å². The van der Waals surface area contributed by atoms with E-state index in [0.29, 0.717) is 5.82 Å². The van der Waals surface area contributed by atoms with Gasteiger partial charge in [0.1, 0.15) is 12.2 Å². The van der Waals surface area contributed by atoms with Crippen LogP contribution >= 0.6 is 0 Å². The summed E-state index contributed by atoms with van der Waals surface area (Å²) in [6.07, 6.45) is 1.51. The molecule has 14 heavy (non-hydrogen) atoms. The van der Waals surface area contributed by atoms with Crippen LogP contribution in [0.5, 0.6) is 0 Å². The van der Waals surface area contributed by atoms with Gasteiger partial charge in [-0.2, -0.15) is 0 Å². The maximum atomic E-state index is 10.4. The number of carboxylic acids is 1. The number of nitrogens with zero attached hydrogens (tertiary/aromatic N) is 2. The third kappa shape index (κ3) is 1.69. The average molecular weight is 188 g/mol. The smallest absolute Gasteiger partial charge is 0.311 e. The van der Waals surface area contributed by atoms with Gasteiger partial charge in [0.25, 0.3) is 0 Å². The maximum absolute atomic E-state index is 10.4. The van der Waals surface area contributed by atoms with E-state index >= 15 is 0 Å². The van der Waals surface area contributed by atoms with E-state index in [0.717, 1.165) is 10.9 Å². The molecule has 0 saturated heterocycles. The zero-order valence-electron chi connectivity index (χ0n) is 7.34. The van der Waals surface area contributed by atoms with Crippen LogP contribution in [0.3, 0.4) is 0 Å². The van der Waals surface area contributed by atoms with Crippen LogP contribution in [0.15, 0.2) is 30.5 Å². The highest BCUT2D eigenvalue weighted by atomic mass is 16.4. The Morgan fingerprint density at radius 2 is 2.14 bits per heavy atom. The van der Waals surface area contributed by atoms with Gasteiger partial charge >= 0.3 is 5.97 Å². The van der Waals surface area contributed by atoms with E-state index in [1.165, 1.54) is 0 Å². The second-order valence-corrected chi connectivity index (χ2v) is 2.92. The molecule has 4 nitrogen and oxygen atoms in total. The summed E-state index contributed by atoms with van der Waals surface area (Å²) in [6.45, 7) is 0. The van der Waals surface area contributed by atoms with Gasteiger partial charge in [-0.05, 0) is 6.07 Å². The molecule has 0 radical (unpaired) electrons. The van der Waals surface area contributed by atoms with Gasteiger partial charge in [-0.25, -0.2) is 9.97 Å². The highest BCUT2D eigenvalue weighted by molar-refractivity contribution is 5.78. The molecule has 0 aliphatic heterocycles. The van der Waals surface area contributed by atoms with Crippen LogP contribution in [0.4, 0.5) is 0 Å². The van der Waals surface area contributed by atoms with Crippen LogP contribution in [0.25, 0.3) is 10.9 Å². The summed E-state index contributed by atoms with van der Waals surface area (Å²) in [6, 6.07) is 7.48. The summed E-state index contributed by atoms with van der Waals surface area (Å²) in [4.78, 5) is 18.5. The number of benzene rings is 1. The van der Waals surface area contributed by atoms with Crippen molar-refractivity contribution in [3.05, 3.63) is 36.3 Å². The molecule has 0 bridgehead atoms.